The molecule has 1 aromatic heterocycles. The quantitative estimate of drug-likeness (QED) is 0.876. The number of amides is 1. The summed E-state index contributed by atoms with van der Waals surface area (Å²) in [5.74, 6) is 0.896. The Labute approximate surface area is 126 Å². The topological polar surface area (TPSA) is 67.2 Å². The Kier molecular flexibility index (Phi) is 5.39. The summed E-state index contributed by atoms with van der Waals surface area (Å²) in [4.78, 5) is 12.3. The van der Waals surface area contributed by atoms with Crippen LogP contribution in [-0.4, -0.2) is 23.1 Å². The van der Waals surface area contributed by atoms with Crippen molar-refractivity contribution in [2.45, 2.75) is 77.9 Å². The molecule has 21 heavy (non-hydrogen) atoms. The SMILES string of the molecule is Cc1noc(C)c1C(C)NC(C)C(=O)NC1CCCCC1. The maximum Gasteiger partial charge on any atom is 0.237 e. The first-order valence-corrected chi connectivity index (χ1v) is 7.98. The Balaban J connectivity index is 1.88. The zero-order valence-electron chi connectivity index (χ0n) is 13.5. The third-order valence-corrected chi connectivity index (χ3v) is 4.37. The lowest BCUT2D eigenvalue weighted by atomic mass is 9.95. The highest BCUT2D eigenvalue weighted by Gasteiger charge is 2.23. The fourth-order valence-corrected chi connectivity index (χ4v) is 3.22. The van der Waals surface area contributed by atoms with Gasteiger partial charge in [-0.15, -0.1) is 0 Å². The largest absolute Gasteiger partial charge is 0.361 e. The van der Waals surface area contributed by atoms with Crippen molar-refractivity contribution in [2.75, 3.05) is 0 Å². The van der Waals surface area contributed by atoms with E-state index in [1.807, 2.05) is 27.7 Å². The van der Waals surface area contributed by atoms with Crippen molar-refractivity contribution in [2.24, 2.45) is 0 Å². The second-order valence-corrected chi connectivity index (χ2v) is 6.19. The molecule has 1 saturated carbocycles. The molecule has 1 heterocycles. The zero-order chi connectivity index (χ0) is 15.4. The third kappa shape index (κ3) is 4.06. The summed E-state index contributed by atoms with van der Waals surface area (Å²) >= 11 is 0. The van der Waals surface area contributed by atoms with E-state index in [9.17, 15) is 4.79 Å². The minimum atomic E-state index is -0.226. The number of carbonyl (C=O) groups excluding carboxylic acids is 1. The van der Waals surface area contributed by atoms with Crippen LogP contribution in [0.25, 0.3) is 0 Å². The Hall–Kier alpha value is -1.36. The van der Waals surface area contributed by atoms with Crippen LogP contribution in [0.1, 0.15) is 69.0 Å². The van der Waals surface area contributed by atoms with Crippen LogP contribution in [0.4, 0.5) is 0 Å². The second kappa shape index (κ2) is 7.07. The van der Waals surface area contributed by atoms with Gasteiger partial charge in [0.25, 0.3) is 0 Å². The molecule has 1 amide bonds. The predicted molar refractivity (Wildman–Crippen MR) is 82.0 cm³/mol. The molecule has 5 heteroatoms. The molecule has 5 nitrogen and oxygen atoms in total. The third-order valence-electron chi connectivity index (χ3n) is 4.37. The zero-order valence-corrected chi connectivity index (χ0v) is 13.5. The molecule has 1 fully saturated rings. The lowest BCUT2D eigenvalue weighted by molar-refractivity contribution is -0.123. The molecule has 0 spiro atoms. The number of aromatic nitrogens is 1. The van der Waals surface area contributed by atoms with Crippen LogP contribution in [0.2, 0.25) is 0 Å². The number of aryl methyl sites for hydroxylation is 2. The van der Waals surface area contributed by atoms with E-state index in [0.717, 1.165) is 29.9 Å². The van der Waals surface area contributed by atoms with Gasteiger partial charge >= 0.3 is 0 Å². The van der Waals surface area contributed by atoms with Crippen molar-refractivity contribution in [3.8, 4) is 0 Å². The van der Waals surface area contributed by atoms with E-state index in [2.05, 4.69) is 15.8 Å². The summed E-state index contributed by atoms with van der Waals surface area (Å²) in [5, 5.41) is 10.5. The summed E-state index contributed by atoms with van der Waals surface area (Å²) in [7, 11) is 0. The van der Waals surface area contributed by atoms with Crippen molar-refractivity contribution in [1.82, 2.24) is 15.8 Å². The Morgan fingerprint density at radius 3 is 2.48 bits per heavy atom. The number of nitrogens with one attached hydrogen (secondary N) is 2. The van der Waals surface area contributed by atoms with E-state index in [-0.39, 0.29) is 18.0 Å². The average Bonchev–Trinajstić information content (AvgIpc) is 2.79. The van der Waals surface area contributed by atoms with Gasteiger partial charge in [0.15, 0.2) is 0 Å². The molecule has 2 atom stereocenters. The second-order valence-electron chi connectivity index (χ2n) is 6.19. The molecular formula is C16H27N3O2. The average molecular weight is 293 g/mol. The van der Waals surface area contributed by atoms with Crippen LogP contribution in [-0.2, 0) is 4.79 Å². The first-order valence-electron chi connectivity index (χ1n) is 7.98. The smallest absolute Gasteiger partial charge is 0.237 e. The highest BCUT2D eigenvalue weighted by atomic mass is 16.5. The summed E-state index contributed by atoms with van der Waals surface area (Å²) < 4.78 is 5.19. The monoisotopic (exact) mass is 293 g/mol. The van der Waals surface area contributed by atoms with E-state index in [1.54, 1.807) is 0 Å². The van der Waals surface area contributed by atoms with Gasteiger partial charge in [0, 0.05) is 17.6 Å². The molecule has 0 aliphatic heterocycles. The Morgan fingerprint density at radius 2 is 1.90 bits per heavy atom. The van der Waals surface area contributed by atoms with E-state index in [0.29, 0.717) is 6.04 Å². The van der Waals surface area contributed by atoms with E-state index in [1.165, 1.54) is 19.3 Å². The van der Waals surface area contributed by atoms with E-state index in [4.69, 9.17) is 4.52 Å². The minimum absolute atomic E-state index is 0.0448. The van der Waals surface area contributed by atoms with E-state index >= 15 is 0 Å². The van der Waals surface area contributed by atoms with Crippen LogP contribution >= 0.6 is 0 Å². The molecule has 2 N–H and O–H groups in total. The minimum Gasteiger partial charge on any atom is -0.361 e. The summed E-state index contributed by atoms with van der Waals surface area (Å²) in [6.07, 6.45) is 5.96. The summed E-state index contributed by atoms with van der Waals surface area (Å²) in [5.41, 5.74) is 1.93. The Bertz CT molecular complexity index is 458. The van der Waals surface area contributed by atoms with Crippen LogP contribution in [0.5, 0.6) is 0 Å². The van der Waals surface area contributed by atoms with Crippen LogP contribution in [0.15, 0.2) is 4.52 Å². The lowest BCUT2D eigenvalue weighted by Crippen LogP contribution is -2.47. The van der Waals surface area contributed by atoms with Gasteiger partial charge in [-0.2, -0.15) is 0 Å². The van der Waals surface area contributed by atoms with Gasteiger partial charge in [-0.3, -0.25) is 10.1 Å². The molecule has 118 valence electrons. The van der Waals surface area contributed by atoms with Crippen LogP contribution in [0.3, 0.4) is 0 Å². The van der Waals surface area contributed by atoms with Gasteiger partial charge in [0.1, 0.15) is 5.76 Å². The number of carbonyl (C=O) groups is 1. The standard InChI is InChI=1S/C16H27N3O2/c1-10(15-11(2)19-21-13(15)4)17-12(3)16(20)18-14-8-6-5-7-9-14/h10,12,14,17H,5-9H2,1-4H3,(H,18,20). The molecule has 2 unspecified atom stereocenters. The predicted octanol–water partition coefficient (Wildman–Crippen LogP) is 2.78. The molecule has 0 aromatic carbocycles. The molecule has 0 bridgehead atoms. The number of rotatable bonds is 5. The van der Waals surface area contributed by atoms with Gasteiger partial charge < -0.3 is 9.84 Å². The fraction of sp³-hybridized carbons (Fsp3) is 0.750. The van der Waals surface area contributed by atoms with Crippen molar-refractivity contribution in [3.05, 3.63) is 17.0 Å². The van der Waals surface area contributed by atoms with Gasteiger partial charge in [-0.05, 0) is 40.5 Å². The van der Waals surface area contributed by atoms with Crippen LogP contribution in [0, 0.1) is 13.8 Å². The van der Waals surface area contributed by atoms with Gasteiger partial charge in [-0.25, -0.2) is 0 Å². The van der Waals surface area contributed by atoms with Crippen molar-refractivity contribution in [1.29, 1.82) is 0 Å². The maximum absolute atomic E-state index is 12.3. The normalized spacial score (nSPS) is 19.2. The first-order chi connectivity index (χ1) is 9.99. The Morgan fingerprint density at radius 1 is 1.24 bits per heavy atom. The van der Waals surface area contributed by atoms with Crippen LogP contribution < -0.4 is 10.6 Å². The van der Waals surface area contributed by atoms with Crippen molar-refractivity contribution >= 4 is 5.91 Å². The molecule has 1 aromatic rings. The number of hydrogen-bond donors (Lipinski definition) is 2. The van der Waals surface area contributed by atoms with E-state index < -0.39 is 0 Å². The highest BCUT2D eigenvalue weighted by molar-refractivity contribution is 5.81. The van der Waals surface area contributed by atoms with Gasteiger partial charge in [0.2, 0.25) is 5.91 Å². The summed E-state index contributed by atoms with van der Waals surface area (Å²) in [6, 6.07) is 0.170. The number of hydrogen-bond acceptors (Lipinski definition) is 4. The molecule has 2 rings (SSSR count). The first kappa shape index (κ1) is 16.0. The molecular weight excluding hydrogens is 266 g/mol. The fourth-order valence-electron chi connectivity index (χ4n) is 3.22. The molecule has 0 radical (unpaired) electrons. The van der Waals surface area contributed by atoms with Crippen molar-refractivity contribution < 1.29 is 9.32 Å². The number of nitrogens with zero attached hydrogens (tertiary/aromatic N) is 1. The molecule has 1 aliphatic carbocycles. The molecule has 0 saturated heterocycles. The highest BCUT2D eigenvalue weighted by Crippen LogP contribution is 2.21. The summed E-state index contributed by atoms with van der Waals surface area (Å²) in [6.45, 7) is 7.78. The van der Waals surface area contributed by atoms with Crippen molar-refractivity contribution in [3.63, 3.8) is 0 Å². The van der Waals surface area contributed by atoms with Gasteiger partial charge in [-0.1, -0.05) is 24.4 Å². The van der Waals surface area contributed by atoms with Gasteiger partial charge in [0.05, 0.1) is 11.7 Å². The lowest BCUT2D eigenvalue weighted by Gasteiger charge is -2.26. The maximum atomic E-state index is 12.3. The molecule has 1 aliphatic rings.